The number of amides is 2. The molecule has 4 rings (SSSR count). The molecule has 1 saturated heterocycles. The van der Waals surface area contributed by atoms with Gasteiger partial charge >= 0.3 is 0 Å². The van der Waals surface area contributed by atoms with Crippen LogP contribution in [0.15, 0.2) is 47.8 Å². The van der Waals surface area contributed by atoms with Crippen LogP contribution in [0.25, 0.3) is 0 Å². The molecule has 0 spiro atoms. The number of aryl methyl sites for hydroxylation is 2. The Kier molecular flexibility index (Phi) is 9.11. The van der Waals surface area contributed by atoms with Gasteiger partial charge in [-0.2, -0.15) is 0 Å². The summed E-state index contributed by atoms with van der Waals surface area (Å²) in [4.78, 5) is 34.4. The zero-order valence-electron chi connectivity index (χ0n) is 22.4. The number of carbonyl (C=O) groups is 2. The minimum absolute atomic E-state index is 0.0563. The molecule has 1 aliphatic heterocycles. The molecule has 1 N–H and O–H groups in total. The normalized spacial score (nSPS) is 15.4. The quantitative estimate of drug-likeness (QED) is 0.402. The molecule has 0 saturated carbocycles. The Morgan fingerprint density at radius 1 is 1.11 bits per heavy atom. The van der Waals surface area contributed by atoms with Crippen LogP contribution >= 0.6 is 11.3 Å². The van der Waals surface area contributed by atoms with Crippen LogP contribution < -0.4 is 5.32 Å². The first-order valence-corrected chi connectivity index (χ1v) is 14.0. The lowest BCUT2D eigenvalue weighted by Gasteiger charge is -2.26. The minimum atomic E-state index is -0.108. The van der Waals surface area contributed by atoms with E-state index in [0.29, 0.717) is 6.54 Å². The van der Waals surface area contributed by atoms with Gasteiger partial charge in [-0.1, -0.05) is 42.5 Å². The maximum Gasteiger partial charge on any atom is 0.223 e. The second-order valence-electron chi connectivity index (χ2n) is 10.3. The first-order valence-electron chi connectivity index (χ1n) is 13.1. The molecule has 1 atom stereocenters. The molecular weight excluding hydrogens is 480 g/mol. The van der Waals surface area contributed by atoms with Gasteiger partial charge in [-0.25, -0.2) is 4.98 Å². The largest absolute Gasteiger partial charge is 0.350 e. The summed E-state index contributed by atoms with van der Waals surface area (Å²) in [5.74, 6) is -0.0515. The van der Waals surface area contributed by atoms with E-state index in [1.165, 1.54) is 27.8 Å². The molecule has 0 bridgehead atoms. The minimum Gasteiger partial charge on any atom is -0.350 e. The molecule has 37 heavy (non-hydrogen) atoms. The molecule has 7 heteroatoms. The average Bonchev–Trinajstić information content (AvgIpc) is 3.53. The standard InChI is InChI=1S/C30H38N4O2S/c1-21-8-5-9-22(2)26(21)17-25-20-37-29(32-25)18-31-28(35)13-14-30(36)34-15-7-12-27(34)24-11-6-10-23(16-24)19-33(3)4/h5-6,8-11,16,20,27H,7,12-15,17-19H2,1-4H3,(H,31,35). The zero-order valence-corrected chi connectivity index (χ0v) is 23.2. The predicted octanol–water partition coefficient (Wildman–Crippen LogP) is 5.17. The van der Waals surface area contributed by atoms with Crippen LogP contribution in [0.2, 0.25) is 0 Å². The fourth-order valence-corrected chi connectivity index (χ4v) is 5.86. The Morgan fingerprint density at radius 3 is 2.62 bits per heavy atom. The SMILES string of the molecule is Cc1cccc(C)c1Cc1csc(CNC(=O)CCC(=O)N2CCCC2c2cccc(CN(C)C)c2)n1. The van der Waals surface area contributed by atoms with Crippen molar-refractivity contribution in [3.8, 4) is 0 Å². The van der Waals surface area contributed by atoms with E-state index in [-0.39, 0.29) is 30.7 Å². The van der Waals surface area contributed by atoms with Crippen molar-refractivity contribution in [2.75, 3.05) is 20.6 Å². The van der Waals surface area contributed by atoms with Gasteiger partial charge in [-0.3, -0.25) is 9.59 Å². The van der Waals surface area contributed by atoms with Gasteiger partial charge in [0, 0.05) is 37.7 Å². The van der Waals surface area contributed by atoms with Crippen LogP contribution in [0, 0.1) is 13.8 Å². The van der Waals surface area contributed by atoms with Gasteiger partial charge < -0.3 is 15.1 Å². The number of hydrogen-bond acceptors (Lipinski definition) is 5. The summed E-state index contributed by atoms with van der Waals surface area (Å²) in [6.07, 6.45) is 3.19. The molecule has 1 aromatic heterocycles. The van der Waals surface area contributed by atoms with Crippen molar-refractivity contribution in [2.24, 2.45) is 0 Å². The monoisotopic (exact) mass is 518 g/mol. The molecule has 2 heterocycles. The number of thiazole rings is 1. The highest BCUT2D eigenvalue weighted by atomic mass is 32.1. The van der Waals surface area contributed by atoms with Crippen LogP contribution in [-0.2, 0) is 29.1 Å². The van der Waals surface area contributed by atoms with Gasteiger partial charge in [0.1, 0.15) is 5.01 Å². The zero-order chi connectivity index (χ0) is 26.4. The van der Waals surface area contributed by atoms with Crippen molar-refractivity contribution >= 4 is 23.2 Å². The highest BCUT2D eigenvalue weighted by Gasteiger charge is 2.30. The Morgan fingerprint density at radius 2 is 1.86 bits per heavy atom. The fourth-order valence-electron chi connectivity index (χ4n) is 5.12. The summed E-state index contributed by atoms with van der Waals surface area (Å²) in [7, 11) is 4.12. The second-order valence-corrected chi connectivity index (χ2v) is 11.2. The number of nitrogens with zero attached hydrogens (tertiary/aromatic N) is 3. The maximum atomic E-state index is 13.0. The van der Waals surface area contributed by atoms with Gasteiger partial charge in [-0.05, 0) is 68.6 Å². The third-order valence-corrected chi connectivity index (χ3v) is 7.91. The molecule has 0 aliphatic carbocycles. The summed E-state index contributed by atoms with van der Waals surface area (Å²) < 4.78 is 0. The lowest BCUT2D eigenvalue weighted by Crippen LogP contribution is -2.32. The van der Waals surface area contributed by atoms with Gasteiger partial charge in [-0.15, -0.1) is 11.3 Å². The van der Waals surface area contributed by atoms with Crippen LogP contribution in [0.5, 0.6) is 0 Å². The van der Waals surface area contributed by atoms with E-state index < -0.39 is 0 Å². The molecule has 3 aromatic rings. The first-order chi connectivity index (χ1) is 17.8. The number of aromatic nitrogens is 1. The van der Waals surface area contributed by atoms with E-state index in [9.17, 15) is 9.59 Å². The van der Waals surface area contributed by atoms with Crippen LogP contribution in [0.4, 0.5) is 0 Å². The number of likely N-dealkylation sites (tertiary alicyclic amines) is 1. The predicted molar refractivity (Wildman–Crippen MR) is 149 cm³/mol. The van der Waals surface area contributed by atoms with Crippen molar-refractivity contribution in [2.45, 2.75) is 65.1 Å². The third-order valence-electron chi connectivity index (χ3n) is 7.01. The van der Waals surface area contributed by atoms with E-state index >= 15 is 0 Å². The van der Waals surface area contributed by atoms with Crippen molar-refractivity contribution < 1.29 is 9.59 Å². The van der Waals surface area contributed by atoms with Crippen molar-refractivity contribution in [1.82, 2.24) is 20.1 Å². The van der Waals surface area contributed by atoms with E-state index in [0.717, 1.165) is 43.1 Å². The van der Waals surface area contributed by atoms with Crippen LogP contribution in [-0.4, -0.2) is 47.2 Å². The number of rotatable bonds is 10. The van der Waals surface area contributed by atoms with Gasteiger partial charge in [0.25, 0.3) is 0 Å². The second kappa shape index (κ2) is 12.5. The topological polar surface area (TPSA) is 65.5 Å². The molecule has 1 fully saturated rings. The Balaban J connectivity index is 1.26. The van der Waals surface area contributed by atoms with E-state index in [1.807, 2.05) is 4.90 Å². The molecule has 1 unspecified atom stereocenters. The van der Waals surface area contributed by atoms with E-state index in [1.54, 1.807) is 11.3 Å². The smallest absolute Gasteiger partial charge is 0.223 e. The summed E-state index contributed by atoms with van der Waals surface area (Å²) in [5, 5.41) is 5.90. The number of carbonyl (C=O) groups excluding carboxylic acids is 2. The summed E-state index contributed by atoms with van der Waals surface area (Å²) in [5.41, 5.74) is 7.32. The molecular formula is C30H38N4O2S. The molecule has 2 aromatic carbocycles. The van der Waals surface area contributed by atoms with Crippen LogP contribution in [0.1, 0.15) is 70.2 Å². The maximum absolute atomic E-state index is 13.0. The molecule has 6 nitrogen and oxygen atoms in total. The Bertz CT molecular complexity index is 1220. The van der Waals surface area contributed by atoms with Crippen molar-refractivity contribution in [3.05, 3.63) is 86.4 Å². The first kappa shape index (κ1) is 27.0. The Labute approximate surface area is 224 Å². The van der Waals surface area contributed by atoms with Gasteiger partial charge in [0.05, 0.1) is 18.3 Å². The van der Waals surface area contributed by atoms with Crippen LogP contribution in [0.3, 0.4) is 0 Å². The molecule has 1 aliphatic rings. The lowest BCUT2D eigenvalue weighted by molar-refractivity contribution is -0.134. The lowest BCUT2D eigenvalue weighted by atomic mass is 9.99. The molecule has 0 radical (unpaired) electrons. The van der Waals surface area contributed by atoms with Gasteiger partial charge in [0.15, 0.2) is 0 Å². The highest BCUT2D eigenvalue weighted by molar-refractivity contribution is 7.09. The highest BCUT2D eigenvalue weighted by Crippen LogP contribution is 2.33. The average molecular weight is 519 g/mol. The molecule has 196 valence electrons. The van der Waals surface area contributed by atoms with Crippen molar-refractivity contribution in [1.29, 1.82) is 0 Å². The summed E-state index contributed by atoms with van der Waals surface area (Å²) in [6, 6.07) is 15.0. The van der Waals surface area contributed by atoms with E-state index in [4.69, 9.17) is 4.98 Å². The third kappa shape index (κ3) is 7.27. The summed E-state index contributed by atoms with van der Waals surface area (Å²) >= 11 is 1.57. The van der Waals surface area contributed by atoms with E-state index in [2.05, 4.69) is 86.0 Å². The van der Waals surface area contributed by atoms with Crippen molar-refractivity contribution in [3.63, 3.8) is 0 Å². The Hall–Kier alpha value is -3.03. The molecule has 2 amide bonds. The summed E-state index contributed by atoms with van der Waals surface area (Å²) in [6.45, 7) is 6.29. The number of nitrogens with one attached hydrogen (secondary N) is 1. The van der Waals surface area contributed by atoms with Gasteiger partial charge in [0.2, 0.25) is 11.8 Å². The fraction of sp³-hybridized carbons (Fsp3) is 0.433. The number of benzene rings is 2. The number of hydrogen-bond donors (Lipinski definition) is 1.